The van der Waals surface area contributed by atoms with Crippen LogP contribution in [0.3, 0.4) is 0 Å². The summed E-state index contributed by atoms with van der Waals surface area (Å²) in [6.45, 7) is 0. The van der Waals surface area contributed by atoms with Gasteiger partial charge in [0.1, 0.15) is 17.6 Å². The molecule has 0 fully saturated rings. The van der Waals surface area contributed by atoms with Gasteiger partial charge in [-0.3, -0.25) is 0 Å². The number of nitriles is 1. The molecule has 4 rings (SSSR count). The van der Waals surface area contributed by atoms with Crippen molar-refractivity contribution < 1.29 is 14.6 Å². The van der Waals surface area contributed by atoms with Crippen LogP contribution in [-0.4, -0.2) is 32.7 Å². The van der Waals surface area contributed by atoms with E-state index in [1.54, 1.807) is 25.3 Å². The predicted octanol–water partition coefficient (Wildman–Crippen LogP) is 4.12. The SMILES string of the molecule is COc1ccc2nc(/C(C#N)=C/c3cccn3-c3cccc(C(=O)O)c3)[nH]c2c1. The van der Waals surface area contributed by atoms with Crippen molar-refractivity contribution in [3.63, 3.8) is 0 Å². The summed E-state index contributed by atoms with van der Waals surface area (Å²) in [5, 5.41) is 18.9. The number of imidazole rings is 1. The maximum Gasteiger partial charge on any atom is 0.335 e. The third-order valence-corrected chi connectivity index (χ3v) is 4.51. The Bertz CT molecular complexity index is 1290. The van der Waals surface area contributed by atoms with Gasteiger partial charge in [0.15, 0.2) is 0 Å². The molecule has 4 aromatic rings. The van der Waals surface area contributed by atoms with Crippen molar-refractivity contribution in [2.45, 2.75) is 0 Å². The molecule has 2 heterocycles. The zero-order valence-electron chi connectivity index (χ0n) is 15.5. The van der Waals surface area contributed by atoms with Crippen molar-refractivity contribution in [2.75, 3.05) is 7.11 Å². The first-order valence-corrected chi connectivity index (χ1v) is 8.76. The van der Waals surface area contributed by atoms with Gasteiger partial charge in [-0.05, 0) is 48.5 Å². The van der Waals surface area contributed by atoms with Crippen LogP contribution in [0, 0.1) is 11.3 Å². The monoisotopic (exact) mass is 384 g/mol. The molecule has 0 unspecified atom stereocenters. The molecule has 29 heavy (non-hydrogen) atoms. The highest BCUT2D eigenvalue weighted by molar-refractivity contribution is 5.91. The second-order valence-corrected chi connectivity index (χ2v) is 6.30. The van der Waals surface area contributed by atoms with Crippen LogP contribution < -0.4 is 4.74 Å². The summed E-state index contributed by atoms with van der Waals surface area (Å²) in [5.74, 6) is 0.150. The highest BCUT2D eigenvalue weighted by Gasteiger charge is 2.11. The lowest BCUT2D eigenvalue weighted by molar-refractivity contribution is 0.0697. The fraction of sp³-hybridized carbons (Fsp3) is 0.0455. The van der Waals surface area contributed by atoms with Crippen LogP contribution in [0.4, 0.5) is 0 Å². The third kappa shape index (κ3) is 3.47. The Morgan fingerprint density at radius 3 is 2.86 bits per heavy atom. The molecule has 142 valence electrons. The smallest absolute Gasteiger partial charge is 0.335 e. The third-order valence-electron chi connectivity index (χ3n) is 4.51. The van der Waals surface area contributed by atoms with Crippen molar-refractivity contribution in [3.05, 3.63) is 77.9 Å². The minimum absolute atomic E-state index is 0.192. The fourth-order valence-corrected chi connectivity index (χ4v) is 3.08. The Kier molecular flexibility index (Phi) is 4.59. The van der Waals surface area contributed by atoms with Crippen molar-refractivity contribution >= 4 is 28.7 Å². The summed E-state index contributed by atoms with van der Waals surface area (Å²) in [6.07, 6.45) is 3.52. The number of hydrogen-bond donors (Lipinski definition) is 2. The second-order valence-electron chi connectivity index (χ2n) is 6.30. The summed E-state index contributed by atoms with van der Waals surface area (Å²) < 4.78 is 7.04. The van der Waals surface area contributed by atoms with E-state index >= 15 is 0 Å². The van der Waals surface area contributed by atoms with E-state index in [2.05, 4.69) is 16.0 Å². The molecule has 0 atom stereocenters. The molecule has 0 bridgehead atoms. The highest BCUT2D eigenvalue weighted by Crippen LogP contribution is 2.24. The first-order valence-electron chi connectivity index (χ1n) is 8.76. The molecule has 0 aliphatic rings. The molecule has 7 heteroatoms. The number of hydrogen-bond acceptors (Lipinski definition) is 4. The quantitative estimate of drug-likeness (QED) is 0.504. The Labute approximate surface area is 166 Å². The van der Waals surface area contributed by atoms with E-state index in [1.165, 1.54) is 6.07 Å². The Hall–Kier alpha value is -4.31. The number of nitrogens with one attached hydrogen (secondary N) is 1. The number of aromatic carboxylic acids is 1. The summed E-state index contributed by atoms with van der Waals surface area (Å²) in [4.78, 5) is 18.9. The minimum Gasteiger partial charge on any atom is -0.497 e. The normalized spacial score (nSPS) is 11.4. The van der Waals surface area contributed by atoms with Gasteiger partial charge in [0, 0.05) is 23.6 Å². The van der Waals surface area contributed by atoms with Crippen LogP contribution in [0.5, 0.6) is 5.75 Å². The van der Waals surface area contributed by atoms with E-state index in [0.717, 1.165) is 16.7 Å². The number of methoxy groups -OCH3 is 1. The minimum atomic E-state index is -0.994. The van der Waals surface area contributed by atoms with E-state index in [-0.39, 0.29) is 5.56 Å². The number of aromatic nitrogens is 3. The van der Waals surface area contributed by atoms with Gasteiger partial charge in [0.25, 0.3) is 0 Å². The summed E-state index contributed by atoms with van der Waals surface area (Å²) >= 11 is 0. The molecule has 0 spiro atoms. The Balaban J connectivity index is 1.76. The number of carboxylic acids is 1. The lowest BCUT2D eigenvalue weighted by atomic mass is 10.2. The zero-order chi connectivity index (χ0) is 20.4. The molecule has 0 amide bonds. The van der Waals surface area contributed by atoms with E-state index in [4.69, 9.17) is 4.74 Å². The molecule has 0 aliphatic carbocycles. The molecular weight excluding hydrogens is 368 g/mol. The number of benzene rings is 2. The first-order chi connectivity index (χ1) is 14.1. The molecule has 2 N–H and O–H groups in total. The van der Waals surface area contributed by atoms with Crippen LogP contribution in [-0.2, 0) is 0 Å². The van der Waals surface area contributed by atoms with Crippen LogP contribution in [0.1, 0.15) is 21.9 Å². The summed E-state index contributed by atoms with van der Waals surface area (Å²) in [7, 11) is 1.59. The van der Waals surface area contributed by atoms with Gasteiger partial charge in [-0.2, -0.15) is 5.26 Å². The molecule has 2 aromatic heterocycles. The number of ether oxygens (including phenoxy) is 1. The van der Waals surface area contributed by atoms with Gasteiger partial charge in [-0.25, -0.2) is 9.78 Å². The molecule has 0 aliphatic heterocycles. The van der Waals surface area contributed by atoms with E-state index in [9.17, 15) is 15.2 Å². The fourth-order valence-electron chi connectivity index (χ4n) is 3.08. The average Bonchev–Trinajstić information content (AvgIpc) is 3.38. The number of aromatic amines is 1. The van der Waals surface area contributed by atoms with E-state index in [1.807, 2.05) is 47.2 Å². The topological polar surface area (TPSA) is 104 Å². The van der Waals surface area contributed by atoms with Crippen molar-refractivity contribution in [3.8, 4) is 17.5 Å². The molecule has 0 radical (unpaired) electrons. The number of rotatable bonds is 5. The van der Waals surface area contributed by atoms with Crippen molar-refractivity contribution in [2.24, 2.45) is 0 Å². The number of fused-ring (bicyclic) bond motifs is 1. The van der Waals surface area contributed by atoms with Gasteiger partial charge in [0.05, 0.1) is 29.3 Å². The highest BCUT2D eigenvalue weighted by atomic mass is 16.5. The number of carboxylic acid groups (broad SMARTS) is 1. The van der Waals surface area contributed by atoms with Crippen LogP contribution in [0.25, 0.3) is 28.4 Å². The second kappa shape index (κ2) is 7.37. The van der Waals surface area contributed by atoms with Gasteiger partial charge in [-0.1, -0.05) is 6.07 Å². The lowest BCUT2D eigenvalue weighted by Crippen LogP contribution is -2.00. The molecule has 0 saturated carbocycles. The van der Waals surface area contributed by atoms with Crippen molar-refractivity contribution in [1.29, 1.82) is 5.26 Å². The van der Waals surface area contributed by atoms with Crippen molar-refractivity contribution in [1.82, 2.24) is 14.5 Å². The van der Waals surface area contributed by atoms with Crippen LogP contribution >= 0.6 is 0 Å². The first kappa shape index (κ1) is 18.1. The van der Waals surface area contributed by atoms with Crippen LogP contribution in [0.2, 0.25) is 0 Å². The van der Waals surface area contributed by atoms with Gasteiger partial charge in [0.2, 0.25) is 0 Å². The molecule has 2 aromatic carbocycles. The predicted molar refractivity (Wildman–Crippen MR) is 109 cm³/mol. The molecule has 7 nitrogen and oxygen atoms in total. The number of H-pyrrole nitrogens is 1. The standard InChI is InChI=1S/C22H16N4O3/c1-29-18-7-8-19-20(12-18)25-21(24-19)15(13-23)11-17-6-3-9-26(17)16-5-2-4-14(10-16)22(27)28/h2-12H,1H3,(H,24,25)(H,27,28)/b15-11+. The Morgan fingerprint density at radius 1 is 1.24 bits per heavy atom. The van der Waals surface area contributed by atoms with Gasteiger partial charge >= 0.3 is 5.97 Å². The Morgan fingerprint density at radius 2 is 2.10 bits per heavy atom. The zero-order valence-corrected chi connectivity index (χ0v) is 15.5. The van der Waals surface area contributed by atoms with Gasteiger partial charge < -0.3 is 19.4 Å². The van der Waals surface area contributed by atoms with Gasteiger partial charge in [-0.15, -0.1) is 0 Å². The number of carbonyl (C=O) groups is 1. The maximum absolute atomic E-state index is 11.3. The van der Waals surface area contributed by atoms with Crippen LogP contribution in [0.15, 0.2) is 60.8 Å². The molecular formula is C22H16N4O3. The number of nitrogens with zero attached hydrogens (tertiary/aromatic N) is 3. The maximum atomic E-state index is 11.3. The largest absolute Gasteiger partial charge is 0.497 e. The average molecular weight is 384 g/mol. The molecule has 0 saturated heterocycles. The lowest BCUT2D eigenvalue weighted by Gasteiger charge is -2.08. The number of allylic oxidation sites excluding steroid dienone is 1. The van der Waals surface area contributed by atoms with E-state index < -0.39 is 5.97 Å². The summed E-state index contributed by atoms with van der Waals surface area (Å²) in [6, 6.07) is 17.9. The van der Waals surface area contributed by atoms with E-state index in [0.29, 0.717) is 22.8 Å². The summed E-state index contributed by atoms with van der Waals surface area (Å²) in [5.41, 5.74) is 3.46.